The van der Waals surface area contributed by atoms with Crippen LogP contribution in [0.25, 0.3) is 11.3 Å². The minimum atomic E-state index is -0.234. The van der Waals surface area contributed by atoms with Crippen LogP contribution in [-0.2, 0) is 0 Å². The number of primary amides is 1. The van der Waals surface area contributed by atoms with Crippen LogP contribution in [0.1, 0.15) is 10.5 Å². The zero-order valence-electron chi connectivity index (χ0n) is 8.01. The van der Waals surface area contributed by atoms with Gasteiger partial charge in [-0.2, -0.15) is 0 Å². The zero-order chi connectivity index (χ0) is 10.7. The second-order valence-corrected chi connectivity index (χ2v) is 2.96. The summed E-state index contributed by atoms with van der Waals surface area (Å²) in [7, 11) is 3.42. The van der Waals surface area contributed by atoms with Crippen LogP contribution in [0.4, 0.5) is 0 Å². The van der Waals surface area contributed by atoms with Gasteiger partial charge in [0.2, 0.25) is 5.69 Å². The SMILES string of the molecule is [CH2-][NH2+]C(=O)c1ncoc1-c1ccccc1. The van der Waals surface area contributed by atoms with Crippen molar-refractivity contribution in [1.29, 1.82) is 0 Å². The molecule has 1 heterocycles. The molecule has 2 aromatic rings. The van der Waals surface area contributed by atoms with Crippen molar-refractivity contribution in [3.63, 3.8) is 0 Å². The minimum absolute atomic E-state index is 0.234. The number of quaternary nitrogens is 1. The molecule has 0 saturated carbocycles. The number of amides is 1. The highest BCUT2D eigenvalue weighted by Crippen LogP contribution is 2.21. The van der Waals surface area contributed by atoms with E-state index in [9.17, 15) is 4.79 Å². The smallest absolute Gasteiger partial charge is 0.339 e. The summed E-state index contributed by atoms with van der Waals surface area (Å²) in [5.41, 5.74) is 1.14. The molecule has 4 heteroatoms. The quantitative estimate of drug-likeness (QED) is 0.734. The largest absolute Gasteiger partial charge is 0.442 e. The third-order valence-corrected chi connectivity index (χ3v) is 2.02. The number of rotatable bonds is 2. The van der Waals surface area contributed by atoms with E-state index >= 15 is 0 Å². The van der Waals surface area contributed by atoms with Gasteiger partial charge in [-0.25, -0.2) is 9.78 Å². The Bertz CT molecular complexity index is 462. The first-order valence-corrected chi connectivity index (χ1v) is 4.48. The van der Waals surface area contributed by atoms with Gasteiger partial charge in [-0.1, -0.05) is 30.3 Å². The van der Waals surface area contributed by atoms with E-state index in [1.807, 2.05) is 30.3 Å². The number of oxazole rings is 1. The molecule has 0 aliphatic carbocycles. The van der Waals surface area contributed by atoms with E-state index in [0.29, 0.717) is 11.5 Å². The van der Waals surface area contributed by atoms with Crippen LogP contribution >= 0.6 is 0 Å². The van der Waals surface area contributed by atoms with Crippen LogP contribution in [0.3, 0.4) is 0 Å². The van der Waals surface area contributed by atoms with Gasteiger partial charge in [0.15, 0.2) is 12.2 Å². The summed E-state index contributed by atoms with van der Waals surface area (Å²) in [6.45, 7) is 0. The van der Waals surface area contributed by atoms with E-state index in [2.05, 4.69) is 12.0 Å². The molecule has 1 aromatic carbocycles. The van der Waals surface area contributed by atoms with E-state index in [4.69, 9.17) is 4.42 Å². The monoisotopic (exact) mass is 202 g/mol. The van der Waals surface area contributed by atoms with Gasteiger partial charge in [-0.15, -0.1) is 7.05 Å². The van der Waals surface area contributed by atoms with Gasteiger partial charge in [-0.3, -0.25) is 0 Å². The Morgan fingerprint density at radius 1 is 1.33 bits per heavy atom. The molecule has 1 amide bonds. The Labute approximate surface area is 86.9 Å². The fourth-order valence-electron chi connectivity index (χ4n) is 1.31. The number of benzene rings is 1. The summed E-state index contributed by atoms with van der Waals surface area (Å²) < 4.78 is 5.19. The minimum Gasteiger partial charge on any atom is -0.442 e. The maximum absolute atomic E-state index is 11.4. The summed E-state index contributed by atoms with van der Waals surface area (Å²) >= 11 is 0. The van der Waals surface area contributed by atoms with E-state index in [1.54, 1.807) is 0 Å². The lowest BCUT2D eigenvalue weighted by Gasteiger charge is -1.98. The third kappa shape index (κ3) is 1.80. The summed E-state index contributed by atoms with van der Waals surface area (Å²) in [5.74, 6) is 0.253. The van der Waals surface area contributed by atoms with Crippen LogP contribution in [0.5, 0.6) is 0 Å². The van der Waals surface area contributed by atoms with Crippen molar-refractivity contribution in [1.82, 2.24) is 4.98 Å². The average molecular weight is 202 g/mol. The predicted octanol–water partition coefficient (Wildman–Crippen LogP) is 0.837. The van der Waals surface area contributed by atoms with Gasteiger partial charge in [0.1, 0.15) is 0 Å². The zero-order valence-corrected chi connectivity index (χ0v) is 8.01. The van der Waals surface area contributed by atoms with E-state index in [0.717, 1.165) is 5.56 Å². The molecule has 76 valence electrons. The molecule has 0 aliphatic rings. The number of aromatic nitrogens is 1. The maximum atomic E-state index is 11.4. The number of carbonyl (C=O) groups excluding carboxylic acids is 1. The van der Waals surface area contributed by atoms with Gasteiger partial charge in [-0.05, 0) is 0 Å². The molecule has 0 bridgehead atoms. The highest BCUT2D eigenvalue weighted by atomic mass is 16.3. The van der Waals surface area contributed by atoms with E-state index in [1.165, 1.54) is 11.7 Å². The lowest BCUT2D eigenvalue weighted by atomic mass is 10.1. The molecule has 2 rings (SSSR count). The molecular weight excluding hydrogens is 192 g/mol. The van der Waals surface area contributed by atoms with Crippen molar-refractivity contribution in [3.8, 4) is 11.3 Å². The Balaban J connectivity index is 2.46. The van der Waals surface area contributed by atoms with E-state index < -0.39 is 0 Å². The topological polar surface area (TPSA) is 59.7 Å². The Morgan fingerprint density at radius 3 is 2.73 bits per heavy atom. The van der Waals surface area contributed by atoms with Crippen LogP contribution in [0.15, 0.2) is 41.1 Å². The number of nitrogens with two attached hydrogens (primary N) is 1. The number of hydrogen-bond acceptors (Lipinski definition) is 3. The first kappa shape index (κ1) is 9.61. The first-order valence-electron chi connectivity index (χ1n) is 4.48. The normalized spacial score (nSPS) is 10.2. The highest BCUT2D eigenvalue weighted by molar-refractivity contribution is 5.91. The van der Waals surface area contributed by atoms with Crippen molar-refractivity contribution in [2.75, 3.05) is 0 Å². The van der Waals surface area contributed by atoms with Crippen molar-refractivity contribution in [2.45, 2.75) is 0 Å². The molecule has 0 atom stereocenters. The van der Waals surface area contributed by atoms with Crippen molar-refractivity contribution < 1.29 is 14.5 Å². The predicted molar refractivity (Wildman–Crippen MR) is 53.6 cm³/mol. The molecule has 0 spiro atoms. The van der Waals surface area contributed by atoms with Gasteiger partial charge in [0.25, 0.3) is 0 Å². The Kier molecular flexibility index (Phi) is 2.60. The van der Waals surface area contributed by atoms with Crippen molar-refractivity contribution >= 4 is 5.91 Å². The summed E-state index contributed by atoms with van der Waals surface area (Å²) in [6, 6.07) is 9.37. The van der Waals surface area contributed by atoms with E-state index in [-0.39, 0.29) is 5.91 Å². The fourth-order valence-corrected chi connectivity index (χ4v) is 1.31. The molecule has 4 nitrogen and oxygen atoms in total. The Morgan fingerprint density at radius 2 is 2.07 bits per heavy atom. The lowest BCUT2D eigenvalue weighted by Crippen LogP contribution is -2.81. The molecular formula is C11H10N2O2. The maximum Gasteiger partial charge on any atom is 0.339 e. The molecule has 0 saturated heterocycles. The van der Waals surface area contributed by atoms with Gasteiger partial charge in [0.05, 0.1) is 0 Å². The third-order valence-electron chi connectivity index (χ3n) is 2.02. The second-order valence-electron chi connectivity index (χ2n) is 2.96. The van der Waals surface area contributed by atoms with Crippen molar-refractivity contribution in [3.05, 3.63) is 49.5 Å². The second kappa shape index (κ2) is 4.06. The van der Waals surface area contributed by atoms with Crippen LogP contribution in [0, 0.1) is 7.05 Å². The highest BCUT2D eigenvalue weighted by Gasteiger charge is 2.18. The van der Waals surface area contributed by atoms with Crippen LogP contribution in [0.2, 0.25) is 0 Å². The molecule has 0 fully saturated rings. The van der Waals surface area contributed by atoms with Crippen LogP contribution < -0.4 is 5.32 Å². The van der Waals surface area contributed by atoms with Gasteiger partial charge < -0.3 is 9.73 Å². The van der Waals surface area contributed by atoms with Crippen molar-refractivity contribution in [2.24, 2.45) is 0 Å². The summed E-state index contributed by atoms with van der Waals surface area (Å²) in [6.07, 6.45) is 1.26. The summed E-state index contributed by atoms with van der Waals surface area (Å²) in [5, 5.41) is 1.23. The lowest BCUT2D eigenvalue weighted by molar-refractivity contribution is -0.489. The average Bonchev–Trinajstić information content (AvgIpc) is 2.78. The Hall–Kier alpha value is -1.94. The van der Waals surface area contributed by atoms with Crippen LogP contribution in [-0.4, -0.2) is 10.9 Å². The molecule has 1 aromatic heterocycles. The van der Waals surface area contributed by atoms with Gasteiger partial charge in [0, 0.05) is 5.56 Å². The number of carbonyl (C=O) groups is 1. The molecule has 0 aliphatic heterocycles. The molecule has 0 radical (unpaired) electrons. The molecule has 2 N–H and O–H groups in total. The molecule has 15 heavy (non-hydrogen) atoms. The molecule has 0 unspecified atom stereocenters. The number of hydrogen-bond donors (Lipinski definition) is 1. The van der Waals surface area contributed by atoms with Gasteiger partial charge >= 0.3 is 5.91 Å². The number of nitrogens with zero attached hydrogens (tertiary/aromatic N) is 1. The standard InChI is InChI=1S/C11H10N2O2/c1-12-11(14)9-10(15-7-13-9)8-5-3-2-4-6-8/h2-7H,1,12H2. The first-order chi connectivity index (χ1) is 7.33. The summed E-state index contributed by atoms with van der Waals surface area (Å²) in [4.78, 5) is 15.3. The fraction of sp³-hybridized carbons (Fsp3) is 0.